The Morgan fingerprint density at radius 2 is 2.11 bits per heavy atom. The molecule has 6 heteroatoms. The molecule has 1 atom stereocenters. The van der Waals surface area contributed by atoms with E-state index in [-0.39, 0.29) is 5.56 Å². The maximum atomic E-state index is 12.4. The Hall–Kier alpha value is -1.82. The molecular weight excluding hydrogens is 257 g/mol. The first-order valence-corrected chi connectivity index (χ1v) is 5.67. The first-order valence-electron chi connectivity index (χ1n) is 5.67. The van der Waals surface area contributed by atoms with Gasteiger partial charge < -0.3 is 9.67 Å². The van der Waals surface area contributed by atoms with Gasteiger partial charge in [0.1, 0.15) is 0 Å². The number of nitrogens with zero attached hydrogens (tertiary/aromatic N) is 2. The zero-order chi connectivity index (χ0) is 14.0. The molecular formula is C13H13F3N2O. The monoisotopic (exact) mass is 270 g/mol. The summed E-state index contributed by atoms with van der Waals surface area (Å²) in [6.07, 6.45) is -0.918. The van der Waals surface area contributed by atoms with Gasteiger partial charge in [-0.2, -0.15) is 13.2 Å². The lowest BCUT2D eigenvalue weighted by molar-refractivity contribution is -0.206. The Kier molecular flexibility index (Phi) is 3.61. The molecule has 0 amide bonds. The quantitative estimate of drug-likeness (QED) is 0.931. The number of halogens is 3. The normalized spacial score (nSPS) is 13.5. The standard InChI is InChI=1S/C13H13F3N2O/c1-9-4-10(6-17-5-9)7-18-3-2-11(8-18)12(19)13(14,15)16/h2-6,8,12,19H,7H2,1H3. The summed E-state index contributed by atoms with van der Waals surface area (Å²) in [7, 11) is 0. The lowest BCUT2D eigenvalue weighted by Gasteiger charge is -2.12. The van der Waals surface area contributed by atoms with Gasteiger partial charge in [0.2, 0.25) is 0 Å². The van der Waals surface area contributed by atoms with E-state index in [4.69, 9.17) is 5.11 Å². The molecule has 102 valence electrons. The van der Waals surface area contributed by atoms with Crippen LogP contribution in [0, 0.1) is 6.92 Å². The number of rotatable bonds is 3. The van der Waals surface area contributed by atoms with Gasteiger partial charge in [0.25, 0.3) is 0 Å². The SMILES string of the molecule is Cc1cncc(Cn2ccc(C(O)C(F)(F)F)c2)c1. The number of alkyl halides is 3. The number of hydrogen-bond acceptors (Lipinski definition) is 2. The van der Waals surface area contributed by atoms with Crippen LogP contribution in [0.3, 0.4) is 0 Å². The molecule has 0 aliphatic carbocycles. The summed E-state index contributed by atoms with van der Waals surface area (Å²) in [6.45, 7) is 2.31. The van der Waals surface area contributed by atoms with Gasteiger partial charge in [-0.05, 0) is 24.1 Å². The van der Waals surface area contributed by atoms with E-state index < -0.39 is 12.3 Å². The van der Waals surface area contributed by atoms with Crippen molar-refractivity contribution < 1.29 is 18.3 Å². The number of hydrogen-bond donors (Lipinski definition) is 1. The maximum Gasteiger partial charge on any atom is 0.418 e. The molecule has 0 spiro atoms. The van der Waals surface area contributed by atoms with Crippen LogP contribution in [0.1, 0.15) is 22.8 Å². The van der Waals surface area contributed by atoms with E-state index in [2.05, 4.69) is 4.98 Å². The lowest BCUT2D eigenvalue weighted by atomic mass is 10.2. The van der Waals surface area contributed by atoms with E-state index in [0.29, 0.717) is 6.54 Å². The van der Waals surface area contributed by atoms with Crippen LogP contribution in [0.5, 0.6) is 0 Å². The van der Waals surface area contributed by atoms with Crippen molar-refractivity contribution >= 4 is 0 Å². The van der Waals surface area contributed by atoms with Crippen molar-refractivity contribution in [3.05, 3.63) is 53.6 Å². The predicted molar refractivity (Wildman–Crippen MR) is 63.5 cm³/mol. The predicted octanol–water partition coefficient (Wildman–Crippen LogP) is 2.84. The molecule has 0 saturated heterocycles. The summed E-state index contributed by atoms with van der Waals surface area (Å²) in [4.78, 5) is 4.02. The number of aliphatic hydroxyl groups excluding tert-OH is 1. The molecule has 0 aromatic carbocycles. The smallest absolute Gasteiger partial charge is 0.379 e. The van der Waals surface area contributed by atoms with Crippen LogP contribution < -0.4 is 0 Å². The van der Waals surface area contributed by atoms with Crippen LogP contribution in [0.4, 0.5) is 13.2 Å². The fourth-order valence-electron chi connectivity index (χ4n) is 1.82. The molecule has 0 fully saturated rings. The average Bonchev–Trinajstić information content (AvgIpc) is 2.75. The molecule has 1 unspecified atom stereocenters. The minimum atomic E-state index is -4.64. The van der Waals surface area contributed by atoms with Gasteiger partial charge in [0.15, 0.2) is 6.10 Å². The second-order valence-corrected chi connectivity index (χ2v) is 4.43. The number of aryl methyl sites for hydroxylation is 1. The van der Waals surface area contributed by atoms with Crippen LogP contribution >= 0.6 is 0 Å². The van der Waals surface area contributed by atoms with Crippen molar-refractivity contribution in [2.75, 3.05) is 0 Å². The van der Waals surface area contributed by atoms with E-state index in [9.17, 15) is 13.2 Å². The maximum absolute atomic E-state index is 12.4. The molecule has 0 aliphatic heterocycles. The van der Waals surface area contributed by atoms with Crippen LogP contribution in [0.2, 0.25) is 0 Å². The van der Waals surface area contributed by atoms with Gasteiger partial charge in [-0.15, -0.1) is 0 Å². The van der Waals surface area contributed by atoms with Crippen LogP contribution in [0.15, 0.2) is 36.9 Å². The first kappa shape index (κ1) is 13.6. The van der Waals surface area contributed by atoms with E-state index in [1.807, 2.05) is 13.0 Å². The van der Waals surface area contributed by atoms with Gasteiger partial charge >= 0.3 is 6.18 Å². The van der Waals surface area contributed by atoms with Gasteiger partial charge in [0, 0.05) is 36.9 Å². The highest BCUT2D eigenvalue weighted by molar-refractivity contribution is 5.20. The third kappa shape index (κ3) is 3.35. The first-order chi connectivity index (χ1) is 8.86. The summed E-state index contributed by atoms with van der Waals surface area (Å²) in [5.74, 6) is 0. The Labute approximate surface area is 108 Å². The van der Waals surface area contributed by atoms with Crippen LogP contribution in [-0.2, 0) is 6.54 Å². The van der Waals surface area contributed by atoms with Gasteiger partial charge in [-0.25, -0.2) is 0 Å². The molecule has 2 rings (SSSR count). The average molecular weight is 270 g/mol. The summed E-state index contributed by atoms with van der Waals surface area (Å²) in [5.41, 5.74) is 1.72. The molecule has 2 aromatic rings. The van der Waals surface area contributed by atoms with Crippen LogP contribution in [0.25, 0.3) is 0 Å². The largest absolute Gasteiger partial charge is 0.418 e. The molecule has 2 aromatic heterocycles. The van der Waals surface area contributed by atoms with E-state index >= 15 is 0 Å². The molecule has 0 aliphatic rings. The Morgan fingerprint density at radius 1 is 1.37 bits per heavy atom. The number of aliphatic hydroxyl groups is 1. The summed E-state index contributed by atoms with van der Waals surface area (Å²) in [5, 5.41) is 9.13. The third-order valence-corrected chi connectivity index (χ3v) is 2.70. The van der Waals surface area contributed by atoms with E-state index in [0.717, 1.165) is 11.1 Å². The Balaban J connectivity index is 2.14. The summed E-state index contributed by atoms with van der Waals surface area (Å²) < 4.78 is 38.6. The zero-order valence-corrected chi connectivity index (χ0v) is 10.2. The summed E-state index contributed by atoms with van der Waals surface area (Å²) in [6, 6.07) is 3.17. The molecule has 19 heavy (non-hydrogen) atoms. The molecule has 0 radical (unpaired) electrons. The topological polar surface area (TPSA) is 38.0 Å². The number of pyridine rings is 1. The minimum Gasteiger partial charge on any atom is -0.379 e. The van der Waals surface area contributed by atoms with Gasteiger partial charge in [0.05, 0.1) is 0 Å². The molecule has 0 bridgehead atoms. The molecule has 3 nitrogen and oxygen atoms in total. The second-order valence-electron chi connectivity index (χ2n) is 4.43. The Bertz CT molecular complexity index is 563. The van der Waals surface area contributed by atoms with Gasteiger partial charge in [-0.1, -0.05) is 6.07 Å². The fraction of sp³-hybridized carbons (Fsp3) is 0.308. The van der Waals surface area contributed by atoms with Crippen molar-refractivity contribution in [1.29, 1.82) is 0 Å². The van der Waals surface area contributed by atoms with Gasteiger partial charge in [-0.3, -0.25) is 4.98 Å². The summed E-state index contributed by atoms with van der Waals surface area (Å²) >= 11 is 0. The molecule has 2 heterocycles. The highest BCUT2D eigenvalue weighted by Crippen LogP contribution is 2.32. The van der Waals surface area contributed by atoms with Crippen molar-refractivity contribution in [2.45, 2.75) is 25.7 Å². The van der Waals surface area contributed by atoms with E-state index in [1.165, 1.54) is 18.5 Å². The Morgan fingerprint density at radius 3 is 2.74 bits per heavy atom. The minimum absolute atomic E-state index is 0.159. The van der Waals surface area contributed by atoms with Crippen molar-refractivity contribution in [2.24, 2.45) is 0 Å². The van der Waals surface area contributed by atoms with Crippen molar-refractivity contribution in [3.8, 4) is 0 Å². The third-order valence-electron chi connectivity index (χ3n) is 2.70. The highest BCUT2D eigenvalue weighted by atomic mass is 19.4. The van der Waals surface area contributed by atoms with Crippen molar-refractivity contribution in [3.63, 3.8) is 0 Å². The number of aromatic nitrogens is 2. The zero-order valence-electron chi connectivity index (χ0n) is 10.2. The van der Waals surface area contributed by atoms with Crippen molar-refractivity contribution in [1.82, 2.24) is 9.55 Å². The second kappa shape index (κ2) is 5.05. The van der Waals surface area contributed by atoms with Crippen LogP contribution in [-0.4, -0.2) is 20.8 Å². The lowest BCUT2D eigenvalue weighted by Crippen LogP contribution is -2.19. The molecule has 0 saturated carbocycles. The fourth-order valence-corrected chi connectivity index (χ4v) is 1.82. The highest BCUT2D eigenvalue weighted by Gasteiger charge is 2.39. The molecule has 1 N–H and O–H groups in total. The van der Waals surface area contributed by atoms with E-state index in [1.54, 1.807) is 17.0 Å².